The molecule has 0 amide bonds. The summed E-state index contributed by atoms with van der Waals surface area (Å²) >= 11 is 3.40. The van der Waals surface area contributed by atoms with Gasteiger partial charge in [0, 0.05) is 27.1 Å². The second-order valence-corrected chi connectivity index (χ2v) is 4.69. The largest absolute Gasteiger partial charge is 0.360 e. The SMILES string of the molecule is CCC(N)C(=O)c1c[nH]c2ccc(Br)cc12. The van der Waals surface area contributed by atoms with Crippen LogP contribution in [-0.4, -0.2) is 16.8 Å². The molecule has 3 nitrogen and oxygen atoms in total. The summed E-state index contributed by atoms with van der Waals surface area (Å²) < 4.78 is 0.957. The highest BCUT2D eigenvalue weighted by Crippen LogP contribution is 2.23. The van der Waals surface area contributed by atoms with Gasteiger partial charge in [-0.2, -0.15) is 0 Å². The molecule has 0 fully saturated rings. The number of Topliss-reactive ketones (excluding diaryl/α,β-unsaturated/α-hetero) is 1. The molecule has 0 saturated carbocycles. The first-order valence-corrected chi connectivity index (χ1v) is 5.99. The second kappa shape index (κ2) is 4.39. The number of carbonyl (C=O) groups is 1. The first-order valence-electron chi connectivity index (χ1n) is 5.20. The van der Waals surface area contributed by atoms with Crippen LogP contribution in [0.1, 0.15) is 23.7 Å². The lowest BCUT2D eigenvalue weighted by molar-refractivity contribution is 0.0961. The highest BCUT2D eigenvalue weighted by Gasteiger charge is 2.17. The number of nitrogens with one attached hydrogen (secondary N) is 1. The minimum absolute atomic E-state index is 0.00755. The first-order chi connectivity index (χ1) is 7.63. The molecule has 1 aromatic carbocycles. The third-order valence-electron chi connectivity index (χ3n) is 2.69. The van der Waals surface area contributed by atoms with Crippen molar-refractivity contribution in [3.05, 3.63) is 34.4 Å². The standard InChI is InChI=1S/C12H13BrN2O/c1-2-10(14)12(16)9-6-15-11-4-3-7(13)5-8(9)11/h3-6,10,15H,2,14H2,1H3. The molecule has 0 aliphatic carbocycles. The van der Waals surface area contributed by atoms with Crippen molar-refractivity contribution in [2.45, 2.75) is 19.4 Å². The van der Waals surface area contributed by atoms with Gasteiger partial charge in [-0.3, -0.25) is 4.79 Å². The minimum Gasteiger partial charge on any atom is -0.360 e. The van der Waals surface area contributed by atoms with Crippen LogP contribution in [0.25, 0.3) is 10.9 Å². The number of ketones is 1. The fourth-order valence-corrected chi connectivity index (χ4v) is 2.04. The van der Waals surface area contributed by atoms with Crippen LogP contribution in [0.5, 0.6) is 0 Å². The summed E-state index contributed by atoms with van der Waals surface area (Å²) in [7, 11) is 0. The Kier molecular flexibility index (Phi) is 3.12. The molecule has 0 bridgehead atoms. The highest BCUT2D eigenvalue weighted by molar-refractivity contribution is 9.10. The van der Waals surface area contributed by atoms with Crippen molar-refractivity contribution in [3.8, 4) is 0 Å². The third-order valence-corrected chi connectivity index (χ3v) is 3.18. The van der Waals surface area contributed by atoms with E-state index < -0.39 is 6.04 Å². The molecule has 1 atom stereocenters. The van der Waals surface area contributed by atoms with Crippen molar-refractivity contribution in [2.75, 3.05) is 0 Å². The molecular weight excluding hydrogens is 268 g/mol. The molecule has 2 aromatic rings. The molecule has 0 radical (unpaired) electrons. The van der Waals surface area contributed by atoms with Crippen LogP contribution in [-0.2, 0) is 0 Å². The number of rotatable bonds is 3. The highest BCUT2D eigenvalue weighted by atomic mass is 79.9. The molecule has 0 spiro atoms. The molecule has 1 unspecified atom stereocenters. The predicted molar refractivity (Wildman–Crippen MR) is 68.6 cm³/mol. The molecule has 4 heteroatoms. The number of carbonyl (C=O) groups excluding carboxylic acids is 1. The predicted octanol–water partition coefficient (Wildman–Crippen LogP) is 2.85. The van der Waals surface area contributed by atoms with Crippen molar-refractivity contribution < 1.29 is 4.79 Å². The zero-order chi connectivity index (χ0) is 11.7. The zero-order valence-electron chi connectivity index (χ0n) is 8.96. The Bertz CT molecular complexity index is 533. The van der Waals surface area contributed by atoms with Crippen molar-refractivity contribution in [1.82, 2.24) is 4.98 Å². The van der Waals surface area contributed by atoms with E-state index in [2.05, 4.69) is 20.9 Å². The van der Waals surface area contributed by atoms with Gasteiger partial charge in [0.15, 0.2) is 5.78 Å². The Morgan fingerprint density at radius 3 is 3.00 bits per heavy atom. The van der Waals surface area contributed by atoms with E-state index >= 15 is 0 Å². The van der Waals surface area contributed by atoms with Crippen LogP contribution in [0.3, 0.4) is 0 Å². The summed E-state index contributed by atoms with van der Waals surface area (Å²) in [6.45, 7) is 1.91. The first kappa shape index (κ1) is 11.4. The van der Waals surface area contributed by atoms with Gasteiger partial charge in [0.05, 0.1) is 6.04 Å². The van der Waals surface area contributed by atoms with Crippen LogP contribution in [0.15, 0.2) is 28.9 Å². The van der Waals surface area contributed by atoms with Gasteiger partial charge in [0.2, 0.25) is 0 Å². The molecule has 0 aliphatic rings. The molecule has 2 rings (SSSR count). The number of hydrogen-bond acceptors (Lipinski definition) is 2. The van der Waals surface area contributed by atoms with Gasteiger partial charge in [-0.1, -0.05) is 22.9 Å². The third kappa shape index (κ3) is 1.90. The number of halogens is 1. The van der Waals surface area contributed by atoms with E-state index in [0.717, 1.165) is 15.4 Å². The monoisotopic (exact) mass is 280 g/mol. The topological polar surface area (TPSA) is 58.9 Å². The van der Waals surface area contributed by atoms with Crippen molar-refractivity contribution in [3.63, 3.8) is 0 Å². The summed E-state index contributed by atoms with van der Waals surface area (Å²) in [4.78, 5) is 15.1. The van der Waals surface area contributed by atoms with E-state index in [1.807, 2.05) is 25.1 Å². The number of nitrogens with two attached hydrogens (primary N) is 1. The molecule has 0 saturated heterocycles. The average molecular weight is 281 g/mol. The van der Waals surface area contributed by atoms with Gasteiger partial charge >= 0.3 is 0 Å². The van der Waals surface area contributed by atoms with E-state index in [1.54, 1.807) is 6.20 Å². The van der Waals surface area contributed by atoms with Gasteiger partial charge in [0.25, 0.3) is 0 Å². The van der Waals surface area contributed by atoms with Gasteiger partial charge in [-0.05, 0) is 24.6 Å². The maximum absolute atomic E-state index is 12.0. The molecule has 3 N–H and O–H groups in total. The summed E-state index contributed by atoms with van der Waals surface area (Å²) in [6, 6.07) is 5.39. The van der Waals surface area contributed by atoms with E-state index in [1.165, 1.54) is 0 Å². The summed E-state index contributed by atoms with van der Waals surface area (Å²) in [5, 5.41) is 0.920. The van der Waals surface area contributed by atoms with Gasteiger partial charge in [-0.25, -0.2) is 0 Å². The zero-order valence-corrected chi connectivity index (χ0v) is 10.5. The van der Waals surface area contributed by atoms with Crippen molar-refractivity contribution in [2.24, 2.45) is 5.73 Å². The van der Waals surface area contributed by atoms with Gasteiger partial charge in [0.1, 0.15) is 0 Å². The Labute approximate surface area is 102 Å². The summed E-state index contributed by atoms with van der Waals surface area (Å²) in [5.41, 5.74) is 7.39. The van der Waals surface area contributed by atoms with Crippen molar-refractivity contribution in [1.29, 1.82) is 0 Å². The van der Waals surface area contributed by atoms with Gasteiger partial charge < -0.3 is 10.7 Å². The van der Waals surface area contributed by atoms with Crippen LogP contribution in [0, 0.1) is 0 Å². The normalized spacial score (nSPS) is 12.9. The lowest BCUT2D eigenvalue weighted by Gasteiger charge is -2.06. The molecule has 1 heterocycles. The Morgan fingerprint density at radius 2 is 2.31 bits per heavy atom. The Morgan fingerprint density at radius 1 is 1.56 bits per heavy atom. The van der Waals surface area contributed by atoms with Crippen LogP contribution < -0.4 is 5.73 Å². The average Bonchev–Trinajstić information content (AvgIpc) is 2.69. The lowest BCUT2D eigenvalue weighted by Crippen LogP contribution is -2.29. The lowest BCUT2D eigenvalue weighted by atomic mass is 10.0. The van der Waals surface area contributed by atoms with Crippen LogP contribution >= 0.6 is 15.9 Å². The number of fused-ring (bicyclic) bond motifs is 1. The maximum atomic E-state index is 12.0. The molecule has 16 heavy (non-hydrogen) atoms. The molecular formula is C12H13BrN2O. The van der Waals surface area contributed by atoms with E-state index in [9.17, 15) is 4.79 Å². The van der Waals surface area contributed by atoms with Crippen LogP contribution in [0.2, 0.25) is 0 Å². The fourth-order valence-electron chi connectivity index (χ4n) is 1.68. The van der Waals surface area contributed by atoms with E-state index in [-0.39, 0.29) is 5.78 Å². The smallest absolute Gasteiger partial charge is 0.181 e. The Balaban J connectivity index is 2.53. The summed E-state index contributed by atoms with van der Waals surface area (Å²) in [5.74, 6) is -0.00755. The second-order valence-electron chi connectivity index (χ2n) is 3.77. The fraction of sp³-hybridized carbons (Fsp3) is 0.250. The van der Waals surface area contributed by atoms with Gasteiger partial charge in [-0.15, -0.1) is 0 Å². The number of aromatic nitrogens is 1. The minimum atomic E-state index is -0.419. The van der Waals surface area contributed by atoms with Crippen LogP contribution in [0.4, 0.5) is 0 Å². The molecule has 0 aliphatic heterocycles. The molecule has 1 aromatic heterocycles. The number of aromatic amines is 1. The summed E-state index contributed by atoms with van der Waals surface area (Å²) in [6.07, 6.45) is 2.38. The van der Waals surface area contributed by atoms with Crippen molar-refractivity contribution >= 4 is 32.6 Å². The number of benzene rings is 1. The quantitative estimate of drug-likeness (QED) is 0.850. The van der Waals surface area contributed by atoms with E-state index in [0.29, 0.717) is 12.0 Å². The number of H-pyrrole nitrogens is 1. The molecule has 84 valence electrons. The maximum Gasteiger partial charge on any atom is 0.181 e. The van der Waals surface area contributed by atoms with E-state index in [4.69, 9.17) is 5.73 Å². The Hall–Kier alpha value is -1.13. The number of hydrogen-bond donors (Lipinski definition) is 2.